The molecule has 12 heavy (non-hydrogen) atoms. The number of rotatable bonds is 0. The number of aryl methyl sites for hydroxylation is 1. The highest BCUT2D eigenvalue weighted by atomic mass is 14.7. The van der Waals surface area contributed by atoms with Crippen molar-refractivity contribution in [3.63, 3.8) is 0 Å². The van der Waals surface area contributed by atoms with Gasteiger partial charge in [0.2, 0.25) is 0 Å². The summed E-state index contributed by atoms with van der Waals surface area (Å²) in [4.78, 5) is 4.25. The van der Waals surface area contributed by atoms with Crippen LogP contribution >= 0.6 is 0 Å². The summed E-state index contributed by atoms with van der Waals surface area (Å²) in [5.74, 6) is 0.0370. The molecular formula is C10H10N2. The van der Waals surface area contributed by atoms with Crippen LogP contribution in [0.4, 0.5) is 0 Å². The van der Waals surface area contributed by atoms with E-state index in [9.17, 15) is 0 Å². The van der Waals surface area contributed by atoms with Crippen molar-refractivity contribution in [1.82, 2.24) is 4.98 Å². The van der Waals surface area contributed by atoms with E-state index in [2.05, 4.69) is 17.1 Å². The Morgan fingerprint density at radius 3 is 3.33 bits per heavy atom. The van der Waals surface area contributed by atoms with E-state index in [1.54, 1.807) is 6.20 Å². The second kappa shape index (κ2) is 2.94. The van der Waals surface area contributed by atoms with Crippen molar-refractivity contribution in [3.8, 4) is 6.07 Å². The molecule has 0 bridgehead atoms. The zero-order chi connectivity index (χ0) is 8.39. The Bertz CT molecular complexity index is 325. The molecule has 1 aromatic rings. The maximum atomic E-state index is 8.85. The van der Waals surface area contributed by atoms with Crippen LogP contribution in [0.3, 0.4) is 0 Å². The Morgan fingerprint density at radius 2 is 2.50 bits per heavy atom. The van der Waals surface area contributed by atoms with Gasteiger partial charge in [0, 0.05) is 6.20 Å². The number of pyridine rings is 1. The van der Waals surface area contributed by atoms with Crippen LogP contribution in [-0.4, -0.2) is 4.98 Å². The normalized spacial score (nSPS) is 21.1. The van der Waals surface area contributed by atoms with Crippen molar-refractivity contribution < 1.29 is 0 Å². The Hall–Kier alpha value is -1.36. The summed E-state index contributed by atoms with van der Waals surface area (Å²) in [6.45, 7) is 0. The van der Waals surface area contributed by atoms with Crippen molar-refractivity contribution in [3.05, 3.63) is 29.6 Å². The molecule has 0 aliphatic heterocycles. The van der Waals surface area contributed by atoms with Gasteiger partial charge in [0.05, 0.1) is 17.7 Å². The quantitative estimate of drug-likeness (QED) is 0.579. The predicted molar refractivity (Wildman–Crippen MR) is 45.5 cm³/mol. The fourth-order valence-electron chi connectivity index (χ4n) is 1.74. The summed E-state index contributed by atoms with van der Waals surface area (Å²) >= 11 is 0. The molecule has 1 aliphatic rings. The summed E-state index contributed by atoms with van der Waals surface area (Å²) in [5.41, 5.74) is 2.27. The third-order valence-corrected chi connectivity index (χ3v) is 2.35. The first-order chi connectivity index (χ1) is 5.92. The lowest BCUT2D eigenvalue weighted by atomic mass is 9.88. The lowest BCUT2D eigenvalue weighted by Gasteiger charge is -2.18. The molecule has 60 valence electrons. The number of nitriles is 1. The van der Waals surface area contributed by atoms with Gasteiger partial charge in [-0.1, -0.05) is 6.07 Å². The molecule has 2 nitrogen and oxygen atoms in total. The smallest absolute Gasteiger partial charge is 0.0887 e. The molecule has 0 N–H and O–H groups in total. The fraction of sp³-hybridized carbons (Fsp3) is 0.400. The van der Waals surface area contributed by atoms with Crippen LogP contribution in [0, 0.1) is 11.3 Å². The average molecular weight is 158 g/mol. The molecule has 1 atom stereocenters. The molecule has 1 aromatic heterocycles. The molecule has 2 heteroatoms. The van der Waals surface area contributed by atoms with E-state index < -0.39 is 0 Å². The van der Waals surface area contributed by atoms with E-state index in [4.69, 9.17) is 5.26 Å². The van der Waals surface area contributed by atoms with Crippen molar-refractivity contribution in [2.45, 2.75) is 25.2 Å². The van der Waals surface area contributed by atoms with Crippen LogP contribution in [0.1, 0.15) is 30.0 Å². The van der Waals surface area contributed by atoms with Gasteiger partial charge in [-0.3, -0.25) is 4.98 Å². The topological polar surface area (TPSA) is 36.7 Å². The average Bonchev–Trinajstić information content (AvgIpc) is 2.17. The predicted octanol–water partition coefficient (Wildman–Crippen LogP) is 2.03. The van der Waals surface area contributed by atoms with Gasteiger partial charge < -0.3 is 0 Å². The van der Waals surface area contributed by atoms with Gasteiger partial charge in [0.1, 0.15) is 0 Å². The second-order valence-corrected chi connectivity index (χ2v) is 3.12. The summed E-state index contributed by atoms with van der Waals surface area (Å²) in [6.07, 6.45) is 4.95. The number of hydrogen-bond acceptors (Lipinski definition) is 2. The van der Waals surface area contributed by atoms with Crippen LogP contribution in [0.2, 0.25) is 0 Å². The molecule has 0 saturated heterocycles. The highest BCUT2D eigenvalue weighted by molar-refractivity contribution is 5.29. The first-order valence-corrected chi connectivity index (χ1v) is 4.25. The minimum Gasteiger partial charge on any atom is -0.260 e. The van der Waals surface area contributed by atoms with Gasteiger partial charge in [-0.05, 0) is 30.9 Å². The summed E-state index contributed by atoms with van der Waals surface area (Å²) in [6, 6.07) is 6.32. The van der Waals surface area contributed by atoms with Gasteiger partial charge in [0.25, 0.3) is 0 Å². The van der Waals surface area contributed by atoms with E-state index in [0.29, 0.717) is 0 Å². The molecule has 0 amide bonds. The van der Waals surface area contributed by atoms with E-state index in [0.717, 1.165) is 25.0 Å². The van der Waals surface area contributed by atoms with Crippen LogP contribution in [0.15, 0.2) is 18.3 Å². The minimum atomic E-state index is 0.0370. The summed E-state index contributed by atoms with van der Waals surface area (Å²) in [5, 5.41) is 8.85. The number of aromatic nitrogens is 1. The largest absolute Gasteiger partial charge is 0.260 e. The molecule has 0 radical (unpaired) electrons. The lowest BCUT2D eigenvalue weighted by molar-refractivity contribution is 0.619. The van der Waals surface area contributed by atoms with Crippen molar-refractivity contribution in [1.29, 1.82) is 5.26 Å². The minimum absolute atomic E-state index is 0.0370. The maximum absolute atomic E-state index is 8.85. The highest BCUT2D eigenvalue weighted by Gasteiger charge is 2.19. The van der Waals surface area contributed by atoms with Gasteiger partial charge in [-0.25, -0.2) is 0 Å². The fourth-order valence-corrected chi connectivity index (χ4v) is 1.74. The van der Waals surface area contributed by atoms with Crippen LogP contribution < -0.4 is 0 Å². The standard InChI is InChI=1S/C10H10N2/c11-7-9-4-1-3-8-5-2-6-12-10(8)9/h2,5-6,9H,1,3-4H2/t9-/m0/s1. The van der Waals surface area contributed by atoms with Crippen molar-refractivity contribution >= 4 is 0 Å². The number of hydrogen-bond donors (Lipinski definition) is 0. The van der Waals surface area contributed by atoms with Gasteiger partial charge in [-0.15, -0.1) is 0 Å². The molecule has 2 rings (SSSR count). The molecule has 0 spiro atoms. The van der Waals surface area contributed by atoms with Gasteiger partial charge in [-0.2, -0.15) is 5.26 Å². The molecule has 0 fully saturated rings. The van der Waals surface area contributed by atoms with Gasteiger partial charge in [0.15, 0.2) is 0 Å². The molecule has 0 unspecified atom stereocenters. The number of fused-ring (bicyclic) bond motifs is 1. The SMILES string of the molecule is N#C[C@@H]1CCCc2cccnc21. The van der Waals surface area contributed by atoms with Crippen LogP contribution in [-0.2, 0) is 6.42 Å². The second-order valence-electron chi connectivity index (χ2n) is 3.12. The molecule has 1 aliphatic carbocycles. The molecule has 1 heterocycles. The molecule has 0 saturated carbocycles. The zero-order valence-electron chi connectivity index (χ0n) is 6.83. The number of nitrogens with zero attached hydrogens (tertiary/aromatic N) is 2. The third-order valence-electron chi connectivity index (χ3n) is 2.35. The van der Waals surface area contributed by atoms with E-state index >= 15 is 0 Å². The Kier molecular flexibility index (Phi) is 1.79. The highest BCUT2D eigenvalue weighted by Crippen LogP contribution is 2.28. The third kappa shape index (κ3) is 1.08. The van der Waals surface area contributed by atoms with E-state index in [-0.39, 0.29) is 5.92 Å². The lowest BCUT2D eigenvalue weighted by Crippen LogP contribution is -2.09. The first kappa shape index (κ1) is 7.30. The molecule has 0 aromatic carbocycles. The Balaban J connectivity index is 2.45. The van der Waals surface area contributed by atoms with Crippen LogP contribution in [0.5, 0.6) is 0 Å². The first-order valence-electron chi connectivity index (χ1n) is 4.25. The Morgan fingerprint density at radius 1 is 1.58 bits per heavy atom. The van der Waals surface area contributed by atoms with Gasteiger partial charge >= 0.3 is 0 Å². The monoisotopic (exact) mass is 158 g/mol. The summed E-state index contributed by atoms with van der Waals surface area (Å²) < 4.78 is 0. The van der Waals surface area contributed by atoms with E-state index in [1.807, 2.05) is 6.07 Å². The maximum Gasteiger partial charge on any atom is 0.0887 e. The van der Waals surface area contributed by atoms with Crippen molar-refractivity contribution in [2.24, 2.45) is 0 Å². The van der Waals surface area contributed by atoms with Crippen molar-refractivity contribution in [2.75, 3.05) is 0 Å². The zero-order valence-corrected chi connectivity index (χ0v) is 6.83. The van der Waals surface area contributed by atoms with Crippen LogP contribution in [0.25, 0.3) is 0 Å². The Labute approximate surface area is 71.9 Å². The summed E-state index contributed by atoms with van der Waals surface area (Å²) in [7, 11) is 0. The van der Waals surface area contributed by atoms with E-state index in [1.165, 1.54) is 5.56 Å². The molecular weight excluding hydrogens is 148 g/mol.